The van der Waals surface area contributed by atoms with Crippen LogP contribution in [-0.2, 0) is 14.8 Å². The highest BCUT2D eigenvalue weighted by Gasteiger charge is 2.20. The number of aryl methyl sites for hydroxylation is 1. The molecule has 0 spiro atoms. The van der Waals surface area contributed by atoms with Gasteiger partial charge in [-0.15, -0.1) is 0 Å². The maximum atomic E-state index is 12.4. The summed E-state index contributed by atoms with van der Waals surface area (Å²) >= 11 is 0. The van der Waals surface area contributed by atoms with Crippen molar-refractivity contribution in [1.29, 1.82) is 0 Å². The molecule has 0 aliphatic heterocycles. The lowest BCUT2D eigenvalue weighted by Gasteiger charge is -2.18. The van der Waals surface area contributed by atoms with Crippen molar-refractivity contribution < 1.29 is 17.9 Å². The average molecular weight is 405 g/mol. The van der Waals surface area contributed by atoms with Crippen LogP contribution in [0.25, 0.3) is 0 Å². The van der Waals surface area contributed by atoms with E-state index in [1.165, 1.54) is 11.4 Å². The van der Waals surface area contributed by atoms with Crippen LogP contribution in [0.4, 0.5) is 0 Å². The molecule has 1 atom stereocenters. The van der Waals surface area contributed by atoms with Gasteiger partial charge in [0.05, 0.1) is 10.9 Å². The monoisotopic (exact) mass is 404 g/mol. The Morgan fingerprint density at radius 1 is 1.11 bits per heavy atom. The van der Waals surface area contributed by atoms with E-state index in [0.717, 1.165) is 11.3 Å². The Kier molecular flexibility index (Phi) is 8.02. The lowest BCUT2D eigenvalue weighted by atomic mass is 10.2. The average Bonchev–Trinajstić information content (AvgIpc) is 2.68. The van der Waals surface area contributed by atoms with Gasteiger partial charge in [0.25, 0.3) is 0 Å². The molecule has 0 radical (unpaired) electrons. The standard InChI is InChI=1S/C21H28N2O4S/c1-17-11-13-19(14-12-17)27-16-18(2)22-21(24)10-7-15-23(3)28(25,26)20-8-5-4-6-9-20/h4-6,8-9,11-14,18H,7,10,15-16H2,1-3H3,(H,22,24)/t18-/m1/s1. The predicted molar refractivity (Wildman–Crippen MR) is 110 cm³/mol. The smallest absolute Gasteiger partial charge is 0.242 e. The van der Waals surface area contributed by atoms with Crippen LogP contribution in [0.2, 0.25) is 0 Å². The molecule has 2 aromatic rings. The first kappa shape index (κ1) is 21.9. The lowest BCUT2D eigenvalue weighted by molar-refractivity contribution is -0.122. The Balaban J connectivity index is 1.71. The molecule has 0 unspecified atom stereocenters. The molecule has 0 aliphatic rings. The van der Waals surface area contributed by atoms with E-state index in [9.17, 15) is 13.2 Å². The predicted octanol–water partition coefficient (Wildman–Crippen LogP) is 2.98. The van der Waals surface area contributed by atoms with E-state index in [-0.39, 0.29) is 29.8 Å². The summed E-state index contributed by atoms with van der Waals surface area (Å²) < 4.78 is 31.8. The molecule has 2 aromatic carbocycles. The highest BCUT2D eigenvalue weighted by molar-refractivity contribution is 7.89. The number of ether oxygens (including phenoxy) is 1. The van der Waals surface area contributed by atoms with Gasteiger partial charge in [0, 0.05) is 20.0 Å². The summed E-state index contributed by atoms with van der Waals surface area (Å²) in [7, 11) is -1.99. The fourth-order valence-electron chi connectivity index (χ4n) is 2.60. The van der Waals surface area contributed by atoms with Crippen molar-refractivity contribution in [3.8, 4) is 5.75 Å². The molecule has 7 heteroatoms. The summed E-state index contributed by atoms with van der Waals surface area (Å²) in [5.41, 5.74) is 1.16. The number of sulfonamides is 1. The molecule has 0 bridgehead atoms. The molecule has 6 nitrogen and oxygen atoms in total. The Bertz CT molecular complexity index is 852. The summed E-state index contributed by atoms with van der Waals surface area (Å²) in [6.45, 7) is 4.53. The Labute approximate surface area is 167 Å². The maximum Gasteiger partial charge on any atom is 0.242 e. The van der Waals surface area contributed by atoms with Gasteiger partial charge in [-0.1, -0.05) is 35.9 Å². The van der Waals surface area contributed by atoms with Gasteiger partial charge in [0.1, 0.15) is 12.4 Å². The fraction of sp³-hybridized carbons (Fsp3) is 0.381. The highest BCUT2D eigenvalue weighted by atomic mass is 32.2. The Morgan fingerprint density at radius 3 is 2.39 bits per heavy atom. The summed E-state index contributed by atoms with van der Waals surface area (Å²) in [5.74, 6) is 0.643. The number of carbonyl (C=O) groups excluding carboxylic acids is 1. The van der Waals surface area contributed by atoms with Gasteiger partial charge in [-0.3, -0.25) is 4.79 Å². The second-order valence-electron chi connectivity index (χ2n) is 6.84. The van der Waals surface area contributed by atoms with Crippen LogP contribution >= 0.6 is 0 Å². The SMILES string of the molecule is Cc1ccc(OC[C@@H](C)NC(=O)CCCN(C)S(=O)(=O)c2ccccc2)cc1. The number of nitrogens with zero attached hydrogens (tertiary/aromatic N) is 1. The molecule has 0 fully saturated rings. The number of nitrogens with one attached hydrogen (secondary N) is 1. The van der Waals surface area contributed by atoms with E-state index >= 15 is 0 Å². The lowest BCUT2D eigenvalue weighted by Crippen LogP contribution is -2.37. The normalized spacial score (nSPS) is 12.6. The third-order valence-corrected chi connectivity index (χ3v) is 6.13. The molecule has 0 aromatic heterocycles. The van der Waals surface area contributed by atoms with Crippen molar-refractivity contribution in [3.05, 3.63) is 60.2 Å². The first-order valence-electron chi connectivity index (χ1n) is 9.29. The molecule has 0 saturated heterocycles. The fourth-order valence-corrected chi connectivity index (χ4v) is 3.83. The van der Waals surface area contributed by atoms with Gasteiger partial charge >= 0.3 is 0 Å². The van der Waals surface area contributed by atoms with Gasteiger partial charge in [-0.05, 0) is 44.5 Å². The third kappa shape index (κ3) is 6.65. The zero-order chi connectivity index (χ0) is 20.6. The molecule has 152 valence electrons. The second-order valence-corrected chi connectivity index (χ2v) is 8.88. The summed E-state index contributed by atoms with van der Waals surface area (Å²) in [6.07, 6.45) is 0.698. The van der Waals surface area contributed by atoms with Crippen LogP contribution in [0.3, 0.4) is 0 Å². The van der Waals surface area contributed by atoms with E-state index in [2.05, 4.69) is 5.32 Å². The number of rotatable bonds is 10. The molecule has 2 rings (SSSR count). The first-order chi connectivity index (χ1) is 13.3. The zero-order valence-corrected chi connectivity index (χ0v) is 17.4. The van der Waals surface area contributed by atoms with Gasteiger partial charge in [0.15, 0.2) is 0 Å². The topological polar surface area (TPSA) is 75.7 Å². The van der Waals surface area contributed by atoms with Crippen molar-refractivity contribution in [2.75, 3.05) is 20.2 Å². The number of hydrogen-bond donors (Lipinski definition) is 1. The number of carbonyl (C=O) groups is 1. The number of amides is 1. The van der Waals surface area contributed by atoms with Gasteiger partial charge < -0.3 is 10.1 Å². The van der Waals surface area contributed by atoms with Crippen LogP contribution in [0, 0.1) is 6.92 Å². The number of hydrogen-bond acceptors (Lipinski definition) is 4. The molecule has 0 saturated carbocycles. The Morgan fingerprint density at radius 2 is 1.75 bits per heavy atom. The first-order valence-corrected chi connectivity index (χ1v) is 10.7. The van der Waals surface area contributed by atoms with E-state index in [4.69, 9.17) is 4.74 Å². The minimum Gasteiger partial charge on any atom is -0.491 e. The zero-order valence-electron chi connectivity index (χ0n) is 16.6. The quantitative estimate of drug-likeness (QED) is 0.661. The van der Waals surface area contributed by atoms with E-state index in [0.29, 0.717) is 13.0 Å². The second kappa shape index (κ2) is 10.2. The molecule has 0 heterocycles. The largest absolute Gasteiger partial charge is 0.491 e. The minimum absolute atomic E-state index is 0.120. The number of benzene rings is 2. The Hall–Kier alpha value is -2.38. The molecule has 28 heavy (non-hydrogen) atoms. The molecule has 1 N–H and O–H groups in total. The van der Waals surface area contributed by atoms with Gasteiger partial charge in [-0.2, -0.15) is 0 Å². The van der Waals surface area contributed by atoms with Gasteiger partial charge in [-0.25, -0.2) is 12.7 Å². The highest BCUT2D eigenvalue weighted by Crippen LogP contribution is 2.14. The molecular weight excluding hydrogens is 376 g/mol. The van der Waals surface area contributed by atoms with Crippen molar-refractivity contribution in [1.82, 2.24) is 9.62 Å². The van der Waals surface area contributed by atoms with Crippen molar-refractivity contribution >= 4 is 15.9 Å². The van der Waals surface area contributed by atoms with E-state index in [1.54, 1.807) is 30.3 Å². The minimum atomic E-state index is -3.52. The van der Waals surface area contributed by atoms with Crippen LogP contribution < -0.4 is 10.1 Å². The van der Waals surface area contributed by atoms with Crippen LogP contribution in [-0.4, -0.2) is 44.9 Å². The summed E-state index contributed by atoms with van der Waals surface area (Å²) in [6, 6.07) is 15.9. The van der Waals surface area contributed by atoms with Crippen molar-refractivity contribution in [3.63, 3.8) is 0 Å². The van der Waals surface area contributed by atoms with Crippen molar-refractivity contribution in [2.45, 2.75) is 37.6 Å². The summed E-state index contributed by atoms with van der Waals surface area (Å²) in [4.78, 5) is 12.3. The van der Waals surface area contributed by atoms with Crippen LogP contribution in [0.5, 0.6) is 5.75 Å². The van der Waals surface area contributed by atoms with Crippen LogP contribution in [0.15, 0.2) is 59.5 Å². The summed E-state index contributed by atoms with van der Waals surface area (Å²) in [5, 5.41) is 2.87. The molecule has 0 aliphatic carbocycles. The van der Waals surface area contributed by atoms with Crippen LogP contribution in [0.1, 0.15) is 25.3 Å². The third-order valence-electron chi connectivity index (χ3n) is 4.26. The van der Waals surface area contributed by atoms with Crippen molar-refractivity contribution in [2.24, 2.45) is 0 Å². The van der Waals surface area contributed by atoms with E-state index in [1.807, 2.05) is 38.1 Å². The molecule has 1 amide bonds. The van der Waals surface area contributed by atoms with Gasteiger partial charge in [0.2, 0.25) is 15.9 Å². The molecular formula is C21H28N2O4S. The maximum absolute atomic E-state index is 12.4. The van der Waals surface area contributed by atoms with E-state index < -0.39 is 10.0 Å².